The molecule has 0 saturated carbocycles. The Morgan fingerprint density at radius 3 is 3.05 bits per heavy atom. The van der Waals surface area contributed by atoms with E-state index in [1.165, 1.54) is 5.01 Å². The molecule has 1 aliphatic heterocycles. The fraction of sp³-hybridized carbons (Fsp3) is 0.231. The van der Waals surface area contributed by atoms with Crippen LogP contribution in [0.3, 0.4) is 0 Å². The van der Waals surface area contributed by atoms with Gasteiger partial charge in [0.2, 0.25) is 5.91 Å². The number of nitrogens with one attached hydrogen (secondary N) is 2. The number of benzene rings is 1. The lowest BCUT2D eigenvalue weighted by Gasteiger charge is -2.18. The van der Waals surface area contributed by atoms with Crippen LogP contribution < -0.4 is 5.32 Å². The maximum atomic E-state index is 12.1. The molecule has 0 radical (unpaired) electrons. The van der Waals surface area contributed by atoms with Gasteiger partial charge in [0.25, 0.3) is 5.91 Å². The Bertz CT molecular complexity index is 718. The van der Waals surface area contributed by atoms with Crippen molar-refractivity contribution in [1.29, 1.82) is 0 Å². The molecule has 7 heteroatoms. The highest BCUT2D eigenvalue weighted by Crippen LogP contribution is 2.17. The number of aromatic nitrogens is 2. The molecule has 1 aromatic heterocycles. The second-order valence-electron chi connectivity index (χ2n) is 4.59. The molecular weight excluding hydrogens is 258 g/mol. The van der Waals surface area contributed by atoms with E-state index in [2.05, 4.69) is 20.6 Å². The van der Waals surface area contributed by atoms with Gasteiger partial charge in [0.1, 0.15) is 5.71 Å². The first-order chi connectivity index (χ1) is 9.63. The standard InChI is InChI=1S/C13H13N5O2/c1-18-12(19)5-4-11(17-18)13(20)15-9-2-3-10-8(6-9)7-14-16-10/h2-3,6-7H,4-5H2,1H3,(H,14,16)(H,15,20). The molecule has 0 spiro atoms. The van der Waals surface area contributed by atoms with Gasteiger partial charge in [-0.25, -0.2) is 5.01 Å². The summed E-state index contributed by atoms with van der Waals surface area (Å²) in [5.41, 5.74) is 1.94. The summed E-state index contributed by atoms with van der Waals surface area (Å²) in [6, 6.07) is 5.46. The topological polar surface area (TPSA) is 90.4 Å². The van der Waals surface area contributed by atoms with E-state index in [1.807, 2.05) is 12.1 Å². The molecule has 3 rings (SSSR count). The number of H-pyrrole nitrogens is 1. The van der Waals surface area contributed by atoms with Crippen molar-refractivity contribution in [3.63, 3.8) is 0 Å². The summed E-state index contributed by atoms with van der Waals surface area (Å²) in [7, 11) is 1.55. The quantitative estimate of drug-likeness (QED) is 0.857. The van der Waals surface area contributed by atoms with Crippen molar-refractivity contribution in [3.8, 4) is 0 Å². The minimum Gasteiger partial charge on any atom is -0.321 e. The van der Waals surface area contributed by atoms with Gasteiger partial charge in [-0.1, -0.05) is 0 Å². The molecule has 2 heterocycles. The van der Waals surface area contributed by atoms with Gasteiger partial charge in [-0.3, -0.25) is 14.7 Å². The Hall–Kier alpha value is -2.70. The number of amides is 2. The van der Waals surface area contributed by atoms with E-state index in [-0.39, 0.29) is 11.8 Å². The fourth-order valence-corrected chi connectivity index (χ4v) is 2.06. The molecule has 7 nitrogen and oxygen atoms in total. The molecule has 0 bridgehead atoms. The van der Waals surface area contributed by atoms with Gasteiger partial charge < -0.3 is 5.32 Å². The molecule has 20 heavy (non-hydrogen) atoms. The number of carbonyl (C=O) groups excluding carboxylic acids is 2. The fourth-order valence-electron chi connectivity index (χ4n) is 2.06. The Morgan fingerprint density at radius 1 is 1.40 bits per heavy atom. The first-order valence-corrected chi connectivity index (χ1v) is 6.22. The zero-order chi connectivity index (χ0) is 14.1. The predicted octanol–water partition coefficient (Wildman–Crippen LogP) is 1.11. The molecule has 2 aromatic rings. The van der Waals surface area contributed by atoms with E-state index >= 15 is 0 Å². The number of hydrazone groups is 1. The highest BCUT2D eigenvalue weighted by atomic mass is 16.2. The third-order valence-corrected chi connectivity index (χ3v) is 3.17. The van der Waals surface area contributed by atoms with Crippen molar-refractivity contribution in [1.82, 2.24) is 15.2 Å². The second-order valence-corrected chi connectivity index (χ2v) is 4.59. The summed E-state index contributed by atoms with van der Waals surface area (Å²) >= 11 is 0. The van der Waals surface area contributed by atoms with Crippen molar-refractivity contribution in [3.05, 3.63) is 24.4 Å². The van der Waals surface area contributed by atoms with Gasteiger partial charge in [-0.05, 0) is 18.2 Å². The van der Waals surface area contributed by atoms with E-state index in [1.54, 1.807) is 19.3 Å². The highest BCUT2D eigenvalue weighted by molar-refractivity contribution is 6.43. The molecule has 1 aromatic carbocycles. The van der Waals surface area contributed by atoms with E-state index in [9.17, 15) is 9.59 Å². The van der Waals surface area contributed by atoms with Crippen molar-refractivity contribution in [2.45, 2.75) is 12.8 Å². The van der Waals surface area contributed by atoms with Crippen LogP contribution in [0.1, 0.15) is 12.8 Å². The number of fused-ring (bicyclic) bond motifs is 1. The van der Waals surface area contributed by atoms with Gasteiger partial charge in [0, 0.05) is 31.0 Å². The summed E-state index contributed by atoms with van der Waals surface area (Å²) in [6.07, 6.45) is 2.36. The van der Waals surface area contributed by atoms with E-state index < -0.39 is 0 Å². The molecule has 102 valence electrons. The molecule has 0 unspecified atom stereocenters. The van der Waals surface area contributed by atoms with Crippen LogP contribution in [0.15, 0.2) is 29.5 Å². The molecule has 0 atom stereocenters. The summed E-state index contributed by atoms with van der Waals surface area (Å²) in [6.45, 7) is 0. The van der Waals surface area contributed by atoms with Gasteiger partial charge in [0.05, 0.1) is 11.7 Å². The number of hydrogen-bond acceptors (Lipinski definition) is 4. The summed E-state index contributed by atoms with van der Waals surface area (Å²) < 4.78 is 0. The van der Waals surface area contributed by atoms with Crippen LogP contribution >= 0.6 is 0 Å². The molecule has 2 N–H and O–H groups in total. The van der Waals surface area contributed by atoms with Crippen LogP contribution in [0.4, 0.5) is 5.69 Å². The van der Waals surface area contributed by atoms with Crippen LogP contribution in [0.25, 0.3) is 10.9 Å². The maximum absolute atomic E-state index is 12.1. The average Bonchev–Trinajstić information content (AvgIpc) is 2.89. The number of nitrogens with zero attached hydrogens (tertiary/aromatic N) is 3. The molecule has 1 aliphatic rings. The lowest BCUT2D eigenvalue weighted by Crippen LogP contribution is -2.34. The van der Waals surface area contributed by atoms with Gasteiger partial charge >= 0.3 is 0 Å². The third-order valence-electron chi connectivity index (χ3n) is 3.17. The van der Waals surface area contributed by atoms with Crippen LogP contribution in [0, 0.1) is 0 Å². The monoisotopic (exact) mass is 271 g/mol. The van der Waals surface area contributed by atoms with Crippen LogP contribution in [-0.2, 0) is 9.59 Å². The Labute approximate surface area is 114 Å². The summed E-state index contributed by atoms with van der Waals surface area (Å²) in [5, 5.41) is 15.7. The lowest BCUT2D eigenvalue weighted by atomic mass is 10.1. The van der Waals surface area contributed by atoms with E-state index in [4.69, 9.17) is 0 Å². The summed E-state index contributed by atoms with van der Waals surface area (Å²) in [4.78, 5) is 23.4. The lowest BCUT2D eigenvalue weighted by molar-refractivity contribution is -0.130. The first kappa shape index (κ1) is 12.3. The zero-order valence-corrected chi connectivity index (χ0v) is 10.9. The number of hydrogen-bond donors (Lipinski definition) is 2. The van der Waals surface area contributed by atoms with E-state index in [0.717, 1.165) is 10.9 Å². The Morgan fingerprint density at radius 2 is 2.25 bits per heavy atom. The number of rotatable bonds is 2. The number of aromatic amines is 1. The maximum Gasteiger partial charge on any atom is 0.271 e. The smallest absolute Gasteiger partial charge is 0.271 e. The van der Waals surface area contributed by atoms with Crippen LogP contribution in [0.2, 0.25) is 0 Å². The van der Waals surface area contributed by atoms with Gasteiger partial charge in [-0.15, -0.1) is 0 Å². The minimum absolute atomic E-state index is 0.0821. The summed E-state index contributed by atoms with van der Waals surface area (Å²) in [5.74, 6) is -0.367. The van der Waals surface area contributed by atoms with Crippen molar-refractivity contribution < 1.29 is 9.59 Å². The zero-order valence-electron chi connectivity index (χ0n) is 10.9. The number of anilines is 1. The van der Waals surface area contributed by atoms with Crippen molar-refractivity contribution >= 4 is 34.1 Å². The minimum atomic E-state index is -0.285. The van der Waals surface area contributed by atoms with Crippen LogP contribution in [-0.4, -0.2) is 39.8 Å². The van der Waals surface area contributed by atoms with Gasteiger partial charge in [0.15, 0.2) is 0 Å². The molecule has 0 fully saturated rings. The Kier molecular flexibility index (Phi) is 2.94. The first-order valence-electron chi connectivity index (χ1n) is 6.22. The van der Waals surface area contributed by atoms with Crippen LogP contribution in [0.5, 0.6) is 0 Å². The van der Waals surface area contributed by atoms with Gasteiger partial charge in [-0.2, -0.15) is 10.2 Å². The van der Waals surface area contributed by atoms with Crippen molar-refractivity contribution in [2.24, 2.45) is 5.10 Å². The normalized spacial score (nSPS) is 15.3. The Balaban J connectivity index is 1.78. The average molecular weight is 271 g/mol. The third kappa shape index (κ3) is 2.25. The highest BCUT2D eigenvalue weighted by Gasteiger charge is 2.21. The largest absolute Gasteiger partial charge is 0.321 e. The van der Waals surface area contributed by atoms with E-state index in [0.29, 0.717) is 24.2 Å². The molecular formula is C13H13N5O2. The molecule has 0 saturated heterocycles. The molecule has 2 amide bonds. The predicted molar refractivity (Wildman–Crippen MR) is 74.2 cm³/mol. The molecule has 0 aliphatic carbocycles. The second kappa shape index (κ2) is 4.76. The SMILES string of the molecule is CN1N=C(C(=O)Nc2ccc3[nH]ncc3c2)CCC1=O. The number of carbonyl (C=O) groups is 2. The van der Waals surface area contributed by atoms with Crippen molar-refractivity contribution in [2.75, 3.05) is 12.4 Å².